The number of piperidine rings is 1. The first-order valence-electron chi connectivity index (χ1n) is 9.11. The normalized spacial score (nSPS) is 18.8. The van der Waals surface area contributed by atoms with Crippen molar-refractivity contribution in [2.75, 3.05) is 25.0 Å². The molecule has 4 rings (SSSR count). The van der Waals surface area contributed by atoms with Crippen molar-refractivity contribution in [2.45, 2.75) is 38.8 Å². The maximum absolute atomic E-state index is 12.5. The Bertz CT molecular complexity index is 749. The number of aryl methyl sites for hydroxylation is 1. The van der Waals surface area contributed by atoms with Gasteiger partial charge in [0.05, 0.1) is 0 Å². The van der Waals surface area contributed by atoms with Crippen LogP contribution in [0, 0.1) is 6.92 Å². The topological polar surface area (TPSA) is 35.6 Å². The van der Waals surface area contributed by atoms with Crippen LogP contribution in [0.2, 0.25) is 0 Å². The Morgan fingerprint density at radius 3 is 2.84 bits per heavy atom. The molecule has 1 aromatic carbocycles. The zero-order valence-corrected chi connectivity index (χ0v) is 15.5. The Kier molecular flexibility index (Phi) is 4.77. The molecule has 5 heteroatoms. The summed E-state index contributed by atoms with van der Waals surface area (Å²) in [5.74, 6) is 0. The molecule has 1 N–H and O–H groups in total. The van der Waals surface area contributed by atoms with E-state index in [2.05, 4.69) is 21.7 Å². The van der Waals surface area contributed by atoms with E-state index in [0.717, 1.165) is 50.3 Å². The van der Waals surface area contributed by atoms with E-state index in [9.17, 15) is 4.79 Å². The number of carbonyl (C=O) groups excluding carboxylic acids is 1. The van der Waals surface area contributed by atoms with Crippen molar-refractivity contribution in [3.8, 4) is 0 Å². The lowest BCUT2D eigenvalue weighted by molar-refractivity contribution is 0.111. The van der Waals surface area contributed by atoms with Gasteiger partial charge in [0.1, 0.15) is 0 Å². The van der Waals surface area contributed by atoms with Crippen LogP contribution in [0.15, 0.2) is 35.7 Å². The maximum atomic E-state index is 12.5. The van der Waals surface area contributed by atoms with Gasteiger partial charge >= 0.3 is 6.03 Å². The molecular weight excluding hydrogens is 330 g/mol. The fourth-order valence-electron chi connectivity index (χ4n) is 3.94. The number of nitrogens with one attached hydrogen (secondary N) is 1. The Labute approximate surface area is 153 Å². The molecule has 0 saturated carbocycles. The van der Waals surface area contributed by atoms with Crippen LogP contribution < -0.4 is 5.32 Å². The largest absolute Gasteiger partial charge is 0.324 e. The molecule has 2 aromatic rings. The van der Waals surface area contributed by atoms with E-state index in [1.807, 2.05) is 47.4 Å². The zero-order valence-electron chi connectivity index (χ0n) is 14.7. The first-order valence-corrected chi connectivity index (χ1v) is 9.99. The monoisotopic (exact) mass is 355 g/mol. The van der Waals surface area contributed by atoms with Crippen LogP contribution in [0.25, 0.3) is 0 Å². The van der Waals surface area contributed by atoms with Gasteiger partial charge in [-0.2, -0.15) is 0 Å². The van der Waals surface area contributed by atoms with Gasteiger partial charge in [-0.3, -0.25) is 4.90 Å². The lowest BCUT2D eigenvalue weighted by Crippen LogP contribution is -2.48. The molecule has 1 aromatic heterocycles. The van der Waals surface area contributed by atoms with Crippen molar-refractivity contribution in [3.05, 3.63) is 51.7 Å². The fraction of sp³-hybridized carbons (Fsp3) is 0.450. The molecule has 0 unspecified atom stereocenters. The molecule has 2 amide bonds. The molecule has 3 heterocycles. The van der Waals surface area contributed by atoms with Gasteiger partial charge < -0.3 is 10.2 Å². The van der Waals surface area contributed by atoms with Gasteiger partial charge in [0.2, 0.25) is 0 Å². The molecule has 2 aliphatic rings. The third-order valence-corrected chi connectivity index (χ3v) is 6.40. The second-order valence-electron chi connectivity index (χ2n) is 7.11. The summed E-state index contributed by atoms with van der Waals surface area (Å²) in [5.41, 5.74) is 3.55. The first kappa shape index (κ1) is 16.6. The lowest BCUT2D eigenvalue weighted by atomic mass is 10.00. The summed E-state index contributed by atoms with van der Waals surface area (Å²) in [4.78, 5) is 18.6. The summed E-state index contributed by atoms with van der Waals surface area (Å²) in [7, 11) is 0. The highest BCUT2D eigenvalue weighted by Gasteiger charge is 2.29. The minimum atomic E-state index is 0.0304. The van der Waals surface area contributed by atoms with E-state index in [1.165, 1.54) is 12.0 Å². The summed E-state index contributed by atoms with van der Waals surface area (Å²) in [5, 5.41) is 5.25. The number of benzene rings is 1. The van der Waals surface area contributed by atoms with Crippen LogP contribution in [-0.2, 0) is 13.0 Å². The minimum Gasteiger partial charge on any atom is -0.324 e. The second kappa shape index (κ2) is 7.18. The van der Waals surface area contributed by atoms with Crippen molar-refractivity contribution in [1.82, 2.24) is 9.80 Å². The van der Waals surface area contributed by atoms with Crippen LogP contribution >= 0.6 is 11.3 Å². The molecule has 0 aliphatic carbocycles. The molecular formula is C20H25N3OS. The van der Waals surface area contributed by atoms with Gasteiger partial charge in [-0.15, -0.1) is 11.3 Å². The van der Waals surface area contributed by atoms with Crippen molar-refractivity contribution < 1.29 is 4.79 Å². The van der Waals surface area contributed by atoms with Gasteiger partial charge in [0, 0.05) is 42.8 Å². The van der Waals surface area contributed by atoms with Crippen LogP contribution in [-0.4, -0.2) is 41.5 Å². The number of thiophene rings is 1. The summed E-state index contributed by atoms with van der Waals surface area (Å²) < 4.78 is 0. The van der Waals surface area contributed by atoms with Crippen molar-refractivity contribution in [3.63, 3.8) is 0 Å². The van der Waals surface area contributed by atoms with Gasteiger partial charge in [-0.1, -0.05) is 12.1 Å². The van der Waals surface area contributed by atoms with Gasteiger partial charge in [-0.05, 0) is 60.9 Å². The Morgan fingerprint density at radius 1 is 1.20 bits per heavy atom. The molecule has 1 saturated heterocycles. The summed E-state index contributed by atoms with van der Waals surface area (Å²) in [6, 6.07) is 10.9. The van der Waals surface area contributed by atoms with E-state index < -0.39 is 0 Å². The van der Waals surface area contributed by atoms with E-state index in [0.29, 0.717) is 6.04 Å². The number of fused-ring (bicyclic) bond motifs is 1. The summed E-state index contributed by atoms with van der Waals surface area (Å²) >= 11 is 1.89. The maximum Gasteiger partial charge on any atom is 0.321 e. The fourth-order valence-corrected chi connectivity index (χ4v) is 4.83. The van der Waals surface area contributed by atoms with Crippen LogP contribution in [0.1, 0.15) is 28.8 Å². The highest BCUT2D eigenvalue weighted by Crippen LogP contribution is 2.28. The van der Waals surface area contributed by atoms with Crippen molar-refractivity contribution in [1.29, 1.82) is 0 Å². The van der Waals surface area contributed by atoms with Crippen molar-refractivity contribution in [2.24, 2.45) is 0 Å². The standard InChI is InChI=1S/C20H25N3OS/c1-15-3-2-4-17(13-15)21-20(24)22-9-5-18(6-10-22)23-11-7-19-16(14-23)8-12-25-19/h2-4,8,12-13,18H,5-7,9-11,14H2,1H3,(H,21,24). The average molecular weight is 356 g/mol. The Hall–Kier alpha value is -1.85. The predicted octanol–water partition coefficient (Wildman–Crippen LogP) is 4.11. The number of amides is 2. The van der Waals surface area contributed by atoms with Gasteiger partial charge in [-0.25, -0.2) is 4.79 Å². The van der Waals surface area contributed by atoms with Gasteiger partial charge in [0.15, 0.2) is 0 Å². The number of hydrogen-bond acceptors (Lipinski definition) is 3. The molecule has 132 valence electrons. The average Bonchev–Trinajstić information content (AvgIpc) is 3.09. The van der Waals surface area contributed by atoms with E-state index in [1.54, 1.807) is 4.88 Å². The minimum absolute atomic E-state index is 0.0304. The smallest absolute Gasteiger partial charge is 0.321 e. The van der Waals surface area contributed by atoms with Crippen LogP contribution in [0.3, 0.4) is 0 Å². The van der Waals surface area contributed by atoms with E-state index >= 15 is 0 Å². The number of urea groups is 1. The number of likely N-dealkylation sites (tertiary alicyclic amines) is 1. The highest BCUT2D eigenvalue weighted by molar-refractivity contribution is 7.10. The SMILES string of the molecule is Cc1cccc(NC(=O)N2CCC(N3CCc4sccc4C3)CC2)c1. The Morgan fingerprint density at radius 2 is 2.04 bits per heavy atom. The number of nitrogens with zero attached hydrogens (tertiary/aromatic N) is 2. The summed E-state index contributed by atoms with van der Waals surface area (Å²) in [6.45, 7) is 5.97. The quantitative estimate of drug-likeness (QED) is 0.880. The van der Waals surface area contributed by atoms with E-state index in [-0.39, 0.29) is 6.03 Å². The van der Waals surface area contributed by atoms with Crippen LogP contribution in [0.5, 0.6) is 0 Å². The first-order chi connectivity index (χ1) is 12.2. The van der Waals surface area contributed by atoms with Crippen LogP contribution in [0.4, 0.5) is 10.5 Å². The number of carbonyl (C=O) groups is 1. The molecule has 4 nitrogen and oxygen atoms in total. The van der Waals surface area contributed by atoms with Crippen molar-refractivity contribution >= 4 is 23.1 Å². The highest BCUT2D eigenvalue weighted by atomic mass is 32.1. The third-order valence-electron chi connectivity index (χ3n) is 5.37. The molecule has 0 spiro atoms. The lowest BCUT2D eigenvalue weighted by Gasteiger charge is -2.40. The molecule has 0 atom stereocenters. The predicted molar refractivity (Wildman–Crippen MR) is 103 cm³/mol. The third kappa shape index (κ3) is 3.72. The molecule has 25 heavy (non-hydrogen) atoms. The summed E-state index contributed by atoms with van der Waals surface area (Å²) in [6.07, 6.45) is 3.32. The number of hydrogen-bond donors (Lipinski definition) is 1. The second-order valence-corrected chi connectivity index (χ2v) is 8.11. The number of rotatable bonds is 2. The van der Waals surface area contributed by atoms with Gasteiger partial charge in [0.25, 0.3) is 0 Å². The van der Waals surface area contributed by atoms with E-state index in [4.69, 9.17) is 0 Å². The molecule has 2 aliphatic heterocycles. The molecule has 0 bridgehead atoms. The number of anilines is 1. The molecule has 1 fully saturated rings. The zero-order chi connectivity index (χ0) is 17.2. The Balaban J connectivity index is 1.30. The molecule has 0 radical (unpaired) electrons.